The minimum atomic E-state index is 0.782. The van der Waals surface area contributed by atoms with Crippen molar-refractivity contribution in [1.82, 2.24) is 9.97 Å². The maximum Gasteiger partial charge on any atom is 0.225 e. The second-order valence-corrected chi connectivity index (χ2v) is 4.72. The van der Waals surface area contributed by atoms with Gasteiger partial charge in [0, 0.05) is 31.2 Å². The van der Waals surface area contributed by atoms with Crippen LogP contribution in [0.5, 0.6) is 0 Å². The van der Waals surface area contributed by atoms with Gasteiger partial charge in [-0.15, -0.1) is 0 Å². The molecular formula is C15H20N4. The Morgan fingerprint density at radius 1 is 1.11 bits per heavy atom. The fraction of sp³-hybridized carbons (Fsp3) is 0.333. The summed E-state index contributed by atoms with van der Waals surface area (Å²) in [6.07, 6.45) is 4.77. The fourth-order valence-electron chi connectivity index (χ4n) is 1.91. The largest absolute Gasteiger partial charge is 0.399 e. The van der Waals surface area contributed by atoms with Gasteiger partial charge in [-0.3, -0.25) is 0 Å². The molecule has 0 atom stereocenters. The van der Waals surface area contributed by atoms with Gasteiger partial charge < -0.3 is 10.6 Å². The minimum Gasteiger partial charge on any atom is -0.399 e. The number of nitrogens with two attached hydrogens (primary N) is 1. The zero-order valence-corrected chi connectivity index (χ0v) is 11.5. The molecule has 2 rings (SSSR count). The lowest BCUT2D eigenvalue weighted by molar-refractivity contribution is 0.738. The normalized spacial score (nSPS) is 10.4. The molecule has 0 aliphatic carbocycles. The second kappa shape index (κ2) is 6.18. The van der Waals surface area contributed by atoms with Gasteiger partial charge in [-0.05, 0) is 36.6 Å². The van der Waals surface area contributed by atoms with Crippen LogP contribution in [-0.4, -0.2) is 16.5 Å². The number of aryl methyl sites for hydroxylation is 1. The van der Waals surface area contributed by atoms with Crippen molar-refractivity contribution >= 4 is 11.6 Å². The Balaban J connectivity index is 2.15. The predicted octanol–water partition coefficient (Wildman–Crippen LogP) is 2.78. The van der Waals surface area contributed by atoms with Gasteiger partial charge in [0.15, 0.2) is 0 Å². The van der Waals surface area contributed by atoms with Crippen LogP contribution < -0.4 is 10.6 Å². The van der Waals surface area contributed by atoms with E-state index in [-0.39, 0.29) is 0 Å². The molecule has 0 saturated heterocycles. The van der Waals surface area contributed by atoms with E-state index < -0.39 is 0 Å². The molecule has 0 spiro atoms. The Morgan fingerprint density at radius 3 is 2.32 bits per heavy atom. The van der Waals surface area contributed by atoms with E-state index >= 15 is 0 Å². The lowest BCUT2D eigenvalue weighted by Gasteiger charge is -2.22. The number of hydrogen-bond donors (Lipinski definition) is 1. The van der Waals surface area contributed by atoms with Crippen LogP contribution in [0.15, 0.2) is 36.7 Å². The fourth-order valence-corrected chi connectivity index (χ4v) is 1.91. The van der Waals surface area contributed by atoms with Crippen molar-refractivity contribution in [3.8, 4) is 0 Å². The van der Waals surface area contributed by atoms with Crippen LogP contribution in [0.3, 0.4) is 0 Å². The molecule has 0 radical (unpaired) electrons. The summed E-state index contributed by atoms with van der Waals surface area (Å²) in [6.45, 7) is 5.89. The molecule has 4 heteroatoms. The van der Waals surface area contributed by atoms with Crippen LogP contribution in [0.4, 0.5) is 11.6 Å². The molecule has 0 unspecified atom stereocenters. The van der Waals surface area contributed by atoms with Crippen LogP contribution >= 0.6 is 0 Å². The highest BCUT2D eigenvalue weighted by atomic mass is 15.2. The van der Waals surface area contributed by atoms with Crippen molar-refractivity contribution in [3.05, 3.63) is 47.8 Å². The molecule has 0 aliphatic heterocycles. The molecule has 0 saturated carbocycles. The molecule has 1 aromatic heterocycles. The van der Waals surface area contributed by atoms with E-state index in [9.17, 15) is 0 Å². The Morgan fingerprint density at radius 2 is 1.74 bits per heavy atom. The maximum absolute atomic E-state index is 5.71. The number of aromatic nitrogens is 2. The maximum atomic E-state index is 5.71. The van der Waals surface area contributed by atoms with Gasteiger partial charge >= 0.3 is 0 Å². The molecule has 19 heavy (non-hydrogen) atoms. The molecule has 0 amide bonds. The highest BCUT2D eigenvalue weighted by Crippen LogP contribution is 2.14. The Bertz CT molecular complexity index is 505. The van der Waals surface area contributed by atoms with Crippen LogP contribution in [0.2, 0.25) is 0 Å². The van der Waals surface area contributed by atoms with Gasteiger partial charge in [-0.1, -0.05) is 19.1 Å². The zero-order valence-electron chi connectivity index (χ0n) is 11.5. The summed E-state index contributed by atoms with van der Waals surface area (Å²) in [5.41, 5.74) is 8.79. The lowest BCUT2D eigenvalue weighted by Crippen LogP contribution is -2.25. The van der Waals surface area contributed by atoms with Crippen molar-refractivity contribution in [2.24, 2.45) is 0 Å². The first-order valence-electron chi connectivity index (χ1n) is 6.57. The smallest absolute Gasteiger partial charge is 0.225 e. The van der Waals surface area contributed by atoms with Crippen molar-refractivity contribution in [2.45, 2.75) is 26.8 Å². The molecule has 0 fully saturated rings. The first kappa shape index (κ1) is 13.3. The second-order valence-electron chi connectivity index (χ2n) is 4.72. The topological polar surface area (TPSA) is 55.0 Å². The highest BCUT2D eigenvalue weighted by Gasteiger charge is 2.09. The van der Waals surface area contributed by atoms with Crippen molar-refractivity contribution in [2.75, 3.05) is 17.2 Å². The van der Waals surface area contributed by atoms with Crippen LogP contribution in [0, 0.1) is 6.92 Å². The number of nitrogen functional groups attached to an aromatic ring is 1. The van der Waals surface area contributed by atoms with E-state index in [2.05, 4.69) is 21.8 Å². The van der Waals surface area contributed by atoms with Crippen LogP contribution in [0.1, 0.15) is 24.5 Å². The van der Waals surface area contributed by atoms with E-state index in [1.165, 1.54) is 5.56 Å². The lowest BCUT2D eigenvalue weighted by atomic mass is 10.2. The molecule has 1 aromatic carbocycles. The number of anilines is 2. The van der Waals surface area contributed by atoms with Crippen LogP contribution in [-0.2, 0) is 6.54 Å². The van der Waals surface area contributed by atoms with E-state index in [4.69, 9.17) is 5.73 Å². The Kier molecular flexibility index (Phi) is 4.34. The summed E-state index contributed by atoms with van der Waals surface area (Å²) in [4.78, 5) is 11.0. The van der Waals surface area contributed by atoms with Crippen molar-refractivity contribution in [1.29, 1.82) is 0 Å². The molecule has 1 heterocycles. The van der Waals surface area contributed by atoms with E-state index in [1.54, 1.807) is 0 Å². The number of rotatable bonds is 5. The monoisotopic (exact) mass is 256 g/mol. The minimum absolute atomic E-state index is 0.782. The summed E-state index contributed by atoms with van der Waals surface area (Å²) >= 11 is 0. The summed E-state index contributed by atoms with van der Waals surface area (Å²) in [5.74, 6) is 0.782. The highest BCUT2D eigenvalue weighted by molar-refractivity contribution is 5.41. The molecule has 100 valence electrons. The van der Waals surface area contributed by atoms with Gasteiger partial charge in [0.05, 0.1) is 0 Å². The first-order valence-corrected chi connectivity index (χ1v) is 6.57. The summed E-state index contributed by atoms with van der Waals surface area (Å²) < 4.78 is 0. The van der Waals surface area contributed by atoms with E-state index in [0.29, 0.717) is 0 Å². The third kappa shape index (κ3) is 3.68. The first-order chi connectivity index (χ1) is 9.19. The van der Waals surface area contributed by atoms with E-state index in [0.717, 1.165) is 36.7 Å². The zero-order chi connectivity index (χ0) is 13.7. The molecule has 0 bridgehead atoms. The summed E-state index contributed by atoms with van der Waals surface area (Å²) in [6, 6.07) is 7.95. The van der Waals surface area contributed by atoms with E-state index in [1.807, 2.05) is 43.6 Å². The van der Waals surface area contributed by atoms with Gasteiger partial charge in [0.2, 0.25) is 5.95 Å². The molecule has 2 aromatic rings. The molecule has 2 N–H and O–H groups in total. The van der Waals surface area contributed by atoms with Gasteiger partial charge in [-0.2, -0.15) is 0 Å². The van der Waals surface area contributed by atoms with Crippen molar-refractivity contribution in [3.63, 3.8) is 0 Å². The van der Waals surface area contributed by atoms with Crippen LogP contribution in [0.25, 0.3) is 0 Å². The molecule has 0 aliphatic rings. The quantitative estimate of drug-likeness (QED) is 0.836. The summed E-state index contributed by atoms with van der Waals surface area (Å²) in [5, 5.41) is 0. The van der Waals surface area contributed by atoms with Gasteiger partial charge in [0.25, 0.3) is 0 Å². The third-order valence-electron chi connectivity index (χ3n) is 2.90. The van der Waals surface area contributed by atoms with Gasteiger partial charge in [0.1, 0.15) is 0 Å². The number of nitrogens with zero attached hydrogens (tertiary/aromatic N) is 3. The average molecular weight is 256 g/mol. The Hall–Kier alpha value is -2.10. The predicted molar refractivity (Wildman–Crippen MR) is 79.0 cm³/mol. The standard InChI is InChI=1S/C15H20N4/c1-3-8-19(15-17-9-12(2)10-18-15)11-13-4-6-14(16)7-5-13/h4-7,9-10H,3,8,11,16H2,1-2H3. The van der Waals surface area contributed by atoms with Crippen molar-refractivity contribution < 1.29 is 0 Å². The molecular weight excluding hydrogens is 236 g/mol. The SMILES string of the molecule is CCCN(Cc1ccc(N)cc1)c1ncc(C)cn1. The number of benzene rings is 1. The molecule has 4 nitrogen and oxygen atoms in total. The van der Waals surface area contributed by atoms with Gasteiger partial charge in [-0.25, -0.2) is 9.97 Å². The third-order valence-corrected chi connectivity index (χ3v) is 2.90. The number of hydrogen-bond acceptors (Lipinski definition) is 4. The Labute approximate surface area is 114 Å². The summed E-state index contributed by atoms with van der Waals surface area (Å²) in [7, 11) is 0. The average Bonchev–Trinajstić information content (AvgIpc) is 2.42.